The fraction of sp³-hybridized carbons (Fsp3) is 0.312. The Morgan fingerprint density at radius 2 is 1.64 bits per heavy atom. The van der Waals surface area contributed by atoms with E-state index >= 15 is 0 Å². The summed E-state index contributed by atoms with van der Waals surface area (Å²) in [6.45, 7) is 5.23. The molecule has 238 valence electrons. The quantitative estimate of drug-likeness (QED) is 0.152. The van der Waals surface area contributed by atoms with Crippen molar-refractivity contribution in [3.05, 3.63) is 71.8 Å². The highest BCUT2D eigenvalue weighted by Crippen LogP contribution is 2.35. The number of carbonyl (C=O) groups is 4. The number of aliphatic carboxylic acids is 1. The number of hydrogen-bond donors (Lipinski definition) is 6. The monoisotopic (exact) mass is 620 g/mol. The number of carboxylic acid groups (broad SMARTS) is 1. The van der Waals surface area contributed by atoms with Crippen LogP contribution in [0.25, 0.3) is 0 Å². The molecule has 0 aliphatic carbocycles. The summed E-state index contributed by atoms with van der Waals surface area (Å²) < 4.78 is 16.3. The largest absolute Gasteiger partial charge is 0.508 e. The highest BCUT2D eigenvalue weighted by Gasteiger charge is 2.27. The molecule has 0 saturated heterocycles. The molecule has 0 bridgehead atoms. The normalized spacial score (nSPS) is 13.0. The van der Waals surface area contributed by atoms with Gasteiger partial charge in [-0.1, -0.05) is 19.9 Å². The van der Waals surface area contributed by atoms with Crippen LogP contribution in [0.3, 0.4) is 0 Å². The maximum Gasteiger partial charge on any atom is 0.323 e. The molecular weight excluding hydrogens is 584 g/mol. The Labute approximate surface area is 259 Å². The molecule has 1 aliphatic rings. The van der Waals surface area contributed by atoms with E-state index in [4.69, 9.17) is 14.2 Å². The first-order chi connectivity index (χ1) is 21.5. The second-order valence-electron chi connectivity index (χ2n) is 10.9. The molecule has 45 heavy (non-hydrogen) atoms. The van der Waals surface area contributed by atoms with Crippen molar-refractivity contribution >= 4 is 35.2 Å². The van der Waals surface area contributed by atoms with Crippen molar-refractivity contribution < 1.29 is 43.6 Å². The van der Waals surface area contributed by atoms with Crippen molar-refractivity contribution in [1.29, 1.82) is 0 Å². The summed E-state index contributed by atoms with van der Waals surface area (Å²) in [6, 6.07) is 13.6. The van der Waals surface area contributed by atoms with Gasteiger partial charge in [0.15, 0.2) is 18.1 Å². The highest BCUT2D eigenvalue weighted by atomic mass is 16.7. The number of phenols is 1. The SMILES string of the molecule is Cc1cc(O)ccc1NC(=O)Nc1ccc(OCC(=O)NC(CC(C)C)C(=O)NC(CC(=O)O)c2ccc3c(c2)OCO3)cc1. The number of carbonyl (C=O) groups excluding carboxylic acids is 3. The van der Waals surface area contributed by atoms with E-state index < -0.39 is 35.9 Å². The minimum atomic E-state index is -1.11. The van der Waals surface area contributed by atoms with Gasteiger partial charge in [0.1, 0.15) is 17.5 Å². The standard InChI is InChI=1S/C32H36N4O9/c1-18(2)12-26(31(41)35-25(15-30(39)40)20-4-11-27-28(14-20)45-17-44-27)34-29(38)16-43-23-8-5-21(6-9-23)33-32(42)36-24-10-7-22(37)13-19(24)3/h4-11,13-14,18,25-26,37H,12,15-17H2,1-3H3,(H,34,38)(H,35,41)(H,39,40)(H2,33,36,42). The number of hydrogen-bond acceptors (Lipinski definition) is 8. The Morgan fingerprint density at radius 1 is 0.911 bits per heavy atom. The molecule has 1 aliphatic heterocycles. The maximum atomic E-state index is 13.3. The van der Waals surface area contributed by atoms with Crippen LogP contribution in [0.4, 0.5) is 16.2 Å². The van der Waals surface area contributed by atoms with Crippen LogP contribution in [0.2, 0.25) is 0 Å². The zero-order chi connectivity index (χ0) is 32.5. The van der Waals surface area contributed by atoms with Gasteiger partial charge in [-0.2, -0.15) is 0 Å². The van der Waals surface area contributed by atoms with Crippen LogP contribution in [-0.4, -0.2) is 53.5 Å². The molecule has 13 heteroatoms. The van der Waals surface area contributed by atoms with Gasteiger partial charge in [0.2, 0.25) is 12.7 Å². The first-order valence-electron chi connectivity index (χ1n) is 14.3. The van der Waals surface area contributed by atoms with Gasteiger partial charge in [-0.3, -0.25) is 14.4 Å². The summed E-state index contributed by atoms with van der Waals surface area (Å²) in [4.78, 5) is 50.0. The van der Waals surface area contributed by atoms with Crippen LogP contribution in [0, 0.1) is 12.8 Å². The highest BCUT2D eigenvalue weighted by molar-refractivity contribution is 6.00. The van der Waals surface area contributed by atoms with E-state index in [1.807, 2.05) is 13.8 Å². The second kappa shape index (κ2) is 14.8. The molecule has 0 spiro atoms. The Hall–Kier alpha value is -5.46. The molecular formula is C32H36N4O9. The summed E-state index contributed by atoms with van der Waals surface area (Å²) in [6.07, 6.45) is -0.0651. The van der Waals surface area contributed by atoms with Crippen LogP contribution in [0.5, 0.6) is 23.0 Å². The van der Waals surface area contributed by atoms with Gasteiger partial charge in [0.25, 0.3) is 5.91 Å². The van der Waals surface area contributed by atoms with Crippen molar-refractivity contribution in [2.75, 3.05) is 24.0 Å². The summed E-state index contributed by atoms with van der Waals surface area (Å²) in [5.74, 6) is -0.690. The smallest absolute Gasteiger partial charge is 0.323 e. The molecule has 4 rings (SSSR count). The van der Waals surface area contributed by atoms with E-state index in [9.17, 15) is 29.4 Å². The number of aromatic hydroxyl groups is 1. The molecule has 0 saturated carbocycles. The van der Waals surface area contributed by atoms with E-state index in [0.29, 0.717) is 46.2 Å². The number of fused-ring (bicyclic) bond motifs is 1. The Balaban J connectivity index is 1.31. The third-order valence-corrected chi connectivity index (χ3v) is 6.79. The lowest BCUT2D eigenvalue weighted by atomic mass is 10.00. The number of benzene rings is 3. The predicted octanol–water partition coefficient (Wildman–Crippen LogP) is 4.32. The lowest BCUT2D eigenvalue weighted by Crippen LogP contribution is -2.49. The van der Waals surface area contributed by atoms with E-state index in [2.05, 4.69) is 21.3 Å². The van der Waals surface area contributed by atoms with Crippen LogP contribution in [0.1, 0.15) is 43.9 Å². The van der Waals surface area contributed by atoms with Gasteiger partial charge in [-0.25, -0.2) is 4.79 Å². The van der Waals surface area contributed by atoms with Gasteiger partial charge >= 0.3 is 12.0 Å². The fourth-order valence-corrected chi connectivity index (χ4v) is 4.62. The van der Waals surface area contributed by atoms with Crippen molar-refractivity contribution in [2.45, 2.75) is 45.7 Å². The number of aryl methyl sites for hydroxylation is 1. The zero-order valence-electron chi connectivity index (χ0n) is 25.1. The fourth-order valence-electron chi connectivity index (χ4n) is 4.62. The summed E-state index contributed by atoms with van der Waals surface area (Å²) in [5, 5.41) is 29.8. The Bertz CT molecular complexity index is 1540. The van der Waals surface area contributed by atoms with E-state index in [1.54, 1.807) is 55.5 Å². The van der Waals surface area contributed by atoms with Gasteiger partial charge in [-0.15, -0.1) is 0 Å². The number of carboxylic acids is 1. The maximum absolute atomic E-state index is 13.3. The molecule has 2 atom stereocenters. The Kier molecular flexibility index (Phi) is 10.7. The lowest BCUT2D eigenvalue weighted by Gasteiger charge is -2.24. The summed E-state index contributed by atoms with van der Waals surface area (Å²) >= 11 is 0. The number of anilines is 2. The molecule has 4 amide bonds. The van der Waals surface area contributed by atoms with Crippen LogP contribution < -0.4 is 35.5 Å². The number of nitrogens with one attached hydrogen (secondary N) is 4. The average molecular weight is 621 g/mol. The molecule has 6 N–H and O–H groups in total. The minimum Gasteiger partial charge on any atom is -0.508 e. The van der Waals surface area contributed by atoms with E-state index in [1.165, 1.54) is 12.1 Å². The predicted molar refractivity (Wildman–Crippen MR) is 165 cm³/mol. The molecule has 3 aromatic carbocycles. The van der Waals surface area contributed by atoms with Crippen molar-refractivity contribution in [1.82, 2.24) is 10.6 Å². The molecule has 0 aromatic heterocycles. The first kappa shape index (κ1) is 32.5. The third-order valence-electron chi connectivity index (χ3n) is 6.79. The Morgan fingerprint density at radius 3 is 2.33 bits per heavy atom. The van der Waals surface area contributed by atoms with Crippen molar-refractivity contribution in [3.8, 4) is 23.0 Å². The van der Waals surface area contributed by atoms with Crippen molar-refractivity contribution in [3.63, 3.8) is 0 Å². The minimum absolute atomic E-state index is 0.0423. The second-order valence-corrected chi connectivity index (χ2v) is 10.9. The molecule has 2 unspecified atom stereocenters. The first-order valence-corrected chi connectivity index (χ1v) is 14.3. The van der Waals surface area contributed by atoms with Gasteiger partial charge in [0, 0.05) is 11.4 Å². The number of urea groups is 1. The van der Waals surface area contributed by atoms with E-state index in [-0.39, 0.29) is 31.5 Å². The third kappa shape index (κ3) is 9.51. The number of phenolic OH excluding ortho intramolecular Hbond substituents is 1. The summed E-state index contributed by atoms with van der Waals surface area (Å²) in [7, 11) is 0. The molecule has 13 nitrogen and oxygen atoms in total. The molecule has 0 radical (unpaired) electrons. The van der Waals surface area contributed by atoms with Crippen molar-refractivity contribution in [2.24, 2.45) is 5.92 Å². The zero-order valence-corrected chi connectivity index (χ0v) is 25.1. The van der Waals surface area contributed by atoms with E-state index in [0.717, 1.165) is 0 Å². The molecule has 1 heterocycles. The summed E-state index contributed by atoms with van der Waals surface area (Å²) in [5.41, 5.74) is 2.25. The topological polar surface area (TPSA) is 185 Å². The average Bonchev–Trinajstić information content (AvgIpc) is 3.45. The number of rotatable bonds is 13. The number of ether oxygens (including phenoxy) is 3. The molecule has 3 aromatic rings. The van der Waals surface area contributed by atoms with Crippen LogP contribution >= 0.6 is 0 Å². The van der Waals surface area contributed by atoms with Crippen LogP contribution in [-0.2, 0) is 14.4 Å². The molecule has 0 fully saturated rings. The van der Waals surface area contributed by atoms with Crippen LogP contribution in [0.15, 0.2) is 60.7 Å². The van der Waals surface area contributed by atoms with Gasteiger partial charge in [-0.05, 0) is 85.0 Å². The number of amides is 4. The van der Waals surface area contributed by atoms with Gasteiger partial charge in [0.05, 0.1) is 12.5 Å². The van der Waals surface area contributed by atoms with Gasteiger partial charge < -0.3 is 45.7 Å². The lowest BCUT2D eigenvalue weighted by molar-refractivity contribution is -0.138.